The minimum Gasteiger partial charge on any atom is -0.345 e. The van der Waals surface area contributed by atoms with E-state index in [0.29, 0.717) is 0 Å². The third-order valence-electron chi connectivity index (χ3n) is 2.44. The summed E-state index contributed by atoms with van der Waals surface area (Å²) in [6.45, 7) is 3.46. The van der Waals surface area contributed by atoms with Gasteiger partial charge in [-0.3, -0.25) is 0 Å². The maximum absolute atomic E-state index is 13.0. The van der Waals surface area contributed by atoms with E-state index < -0.39 is 21.8 Å². The van der Waals surface area contributed by atoms with Crippen molar-refractivity contribution >= 4 is 33.8 Å². The molecule has 1 aromatic rings. The Morgan fingerprint density at radius 1 is 1.30 bits per heavy atom. The minimum atomic E-state index is -4.55. The molecule has 2 rings (SSSR count). The fraction of sp³-hybridized carbons (Fsp3) is 0.364. The maximum Gasteiger partial charge on any atom is 0.417 e. The van der Waals surface area contributed by atoms with Crippen molar-refractivity contribution in [3.8, 4) is 0 Å². The molecule has 0 aromatic heterocycles. The van der Waals surface area contributed by atoms with Gasteiger partial charge in [0.25, 0.3) is 10.0 Å². The number of halogens is 3. The molecule has 9 heteroatoms. The Balaban J connectivity index is 2.67. The lowest BCUT2D eigenvalue weighted by molar-refractivity contribution is -0.139. The molecule has 1 aromatic carbocycles. The summed E-state index contributed by atoms with van der Waals surface area (Å²) in [7, 11) is -3.94. The molecule has 0 aliphatic carbocycles. The second kappa shape index (κ2) is 4.96. The topological polar surface area (TPSA) is 58.5 Å². The van der Waals surface area contributed by atoms with Crippen LogP contribution in [0.25, 0.3) is 0 Å². The third-order valence-corrected chi connectivity index (χ3v) is 4.78. The molecule has 0 radical (unpaired) electrons. The molecule has 0 unspecified atom stereocenters. The number of anilines is 1. The van der Waals surface area contributed by atoms with Gasteiger partial charge < -0.3 is 5.32 Å². The number of rotatable bonds is 2. The van der Waals surface area contributed by atoms with E-state index in [1.165, 1.54) is 0 Å². The van der Waals surface area contributed by atoms with Crippen molar-refractivity contribution in [2.24, 2.45) is 4.40 Å². The van der Waals surface area contributed by atoms with Crippen molar-refractivity contribution in [2.45, 2.75) is 35.1 Å². The minimum absolute atomic E-state index is 0.111. The van der Waals surface area contributed by atoms with Crippen LogP contribution in [0.5, 0.6) is 0 Å². The summed E-state index contributed by atoms with van der Waals surface area (Å²) >= 11 is 0.961. The average molecular weight is 324 g/mol. The average Bonchev–Trinajstić information content (AvgIpc) is 2.26. The summed E-state index contributed by atoms with van der Waals surface area (Å²) in [5.41, 5.74) is -0.964. The first-order valence-corrected chi connectivity index (χ1v) is 7.90. The number of alkyl halides is 3. The Morgan fingerprint density at radius 3 is 2.50 bits per heavy atom. The number of fused-ring (bicyclic) bond motifs is 1. The molecule has 20 heavy (non-hydrogen) atoms. The van der Waals surface area contributed by atoms with Crippen molar-refractivity contribution < 1.29 is 21.6 Å². The van der Waals surface area contributed by atoms with Crippen LogP contribution in [0.3, 0.4) is 0 Å². The van der Waals surface area contributed by atoms with Crippen molar-refractivity contribution in [1.82, 2.24) is 0 Å². The summed E-state index contributed by atoms with van der Waals surface area (Å²) in [5.74, 6) is 0. The van der Waals surface area contributed by atoms with Gasteiger partial charge in [-0.1, -0.05) is 13.8 Å². The molecule has 1 aliphatic heterocycles. The van der Waals surface area contributed by atoms with E-state index in [9.17, 15) is 21.6 Å². The summed E-state index contributed by atoms with van der Waals surface area (Å²) < 4.78 is 65.9. The molecule has 0 spiro atoms. The van der Waals surface area contributed by atoms with E-state index in [4.69, 9.17) is 0 Å². The molecule has 0 saturated carbocycles. The molecule has 0 saturated heterocycles. The van der Waals surface area contributed by atoms with Crippen LogP contribution in [-0.2, 0) is 16.2 Å². The second-order valence-electron chi connectivity index (χ2n) is 4.36. The highest BCUT2D eigenvalue weighted by atomic mass is 32.2. The van der Waals surface area contributed by atoms with Crippen LogP contribution in [0.1, 0.15) is 19.4 Å². The van der Waals surface area contributed by atoms with Crippen LogP contribution in [0.2, 0.25) is 0 Å². The monoisotopic (exact) mass is 324 g/mol. The smallest absolute Gasteiger partial charge is 0.345 e. The van der Waals surface area contributed by atoms with Crippen LogP contribution in [0.4, 0.5) is 18.9 Å². The predicted molar refractivity (Wildman–Crippen MR) is 71.7 cm³/mol. The molecule has 1 aliphatic rings. The van der Waals surface area contributed by atoms with Gasteiger partial charge in [-0.25, -0.2) is 0 Å². The number of sulfonamides is 1. The van der Waals surface area contributed by atoms with Crippen LogP contribution >= 0.6 is 11.8 Å². The molecule has 0 atom stereocenters. The highest BCUT2D eigenvalue weighted by Gasteiger charge is 2.36. The van der Waals surface area contributed by atoms with E-state index in [1.807, 2.05) is 0 Å². The number of nitrogens with one attached hydrogen (secondary N) is 1. The van der Waals surface area contributed by atoms with Crippen molar-refractivity contribution in [3.05, 3.63) is 17.7 Å². The zero-order valence-electron chi connectivity index (χ0n) is 10.5. The normalized spacial score (nSPS) is 16.9. The van der Waals surface area contributed by atoms with E-state index in [2.05, 4.69) is 9.71 Å². The van der Waals surface area contributed by atoms with E-state index in [1.54, 1.807) is 13.8 Å². The number of nitrogens with zero attached hydrogens (tertiary/aromatic N) is 1. The maximum atomic E-state index is 13.0. The Kier molecular flexibility index (Phi) is 3.76. The fourth-order valence-electron chi connectivity index (χ4n) is 1.68. The fourth-order valence-corrected chi connectivity index (χ4v) is 3.72. The lowest BCUT2D eigenvalue weighted by Gasteiger charge is -2.19. The van der Waals surface area contributed by atoms with Gasteiger partial charge in [-0.2, -0.15) is 21.6 Å². The zero-order valence-corrected chi connectivity index (χ0v) is 12.2. The van der Waals surface area contributed by atoms with Crippen molar-refractivity contribution in [1.29, 1.82) is 0 Å². The standard InChI is InChI=1S/C11H11F3N2O2S2/c1-6(2)19-9-4-10-8(3-7(9)11(12,13)14)15-5-16-20(10,17)18/h3-6H,1-2H3,(H,15,16). The first-order valence-electron chi connectivity index (χ1n) is 5.58. The van der Waals surface area contributed by atoms with Crippen LogP contribution in [-0.4, -0.2) is 20.0 Å². The molecule has 1 N–H and O–H groups in total. The molecule has 0 amide bonds. The third kappa shape index (κ3) is 2.93. The predicted octanol–water partition coefficient (Wildman–Crippen LogP) is 3.35. The van der Waals surface area contributed by atoms with Gasteiger partial charge >= 0.3 is 6.18 Å². The molecule has 1 heterocycles. The van der Waals surface area contributed by atoms with E-state index in [-0.39, 0.29) is 20.7 Å². The number of hydrogen-bond donors (Lipinski definition) is 1. The summed E-state index contributed by atoms with van der Waals surface area (Å²) in [5, 5.41) is 2.32. The van der Waals surface area contributed by atoms with E-state index >= 15 is 0 Å². The largest absolute Gasteiger partial charge is 0.417 e. The molecule has 4 nitrogen and oxygen atoms in total. The molecule has 0 fully saturated rings. The lowest BCUT2D eigenvalue weighted by Crippen LogP contribution is -2.15. The number of hydrogen-bond acceptors (Lipinski definition) is 4. The molecular formula is C11H11F3N2O2S2. The Bertz CT molecular complexity index is 667. The lowest BCUT2D eigenvalue weighted by atomic mass is 10.2. The van der Waals surface area contributed by atoms with Gasteiger partial charge in [0.2, 0.25) is 0 Å². The van der Waals surface area contributed by atoms with Crippen LogP contribution in [0.15, 0.2) is 26.3 Å². The van der Waals surface area contributed by atoms with Crippen molar-refractivity contribution in [3.63, 3.8) is 0 Å². The SMILES string of the molecule is CC(C)Sc1cc2c(cc1C(F)(F)F)NC=NS2(=O)=O. The Hall–Kier alpha value is -1.22. The Morgan fingerprint density at radius 2 is 1.95 bits per heavy atom. The van der Waals surface area contributed by atoms with Crippen molar-refractivity contribution in [2.75, 3.05) is 5.32 Å². The number of benzene rings is 1. The van der Waals surface area contributed by atoms with Crippen LogP contribution in [0, 0.1) is 0 Å². The van der Waals surface area contributed by atoms with Gasteiger partial charge in [-0.15, -0.1) is 16.2 Å². The first-order chi connectivity index (χ1) is 9.11. The molecular weight excluding hydrogens is 313 g/mol. The van der Waals surface area contributed by atoms with Gasteiger partial charge in [0, 0.05) is 10.1 Å². The first kappa shape index (κ1) is 15.2. The Labute approximate surface area is 118 Å². The highest BCUT2D eigenvalue weighted by molar-refractivity contribution is 8.00. The molecule has 110 valence electrons. The van der Waals surface area contributed by atoms with Gasteiger partial charge in [0.15, 0.2) is 0 Å². The second-order valence-corrected chi connectivity index (χ2v) is 7.58. The number of thioether (sulfide) groups is 1. The van der Waals surface area contributed by atoms with E-state index in [0.717, 1.165) is 30.2 Å². The summed E-state index contributed by atoms with van der Waals surface area (Å²) in [4.78, 5) is -0.357. The van der Waals surface area contributed by atoms with Gasteiger partial charge in [0.05, 0.1) is 11.3 Å². The summed E-state index contributed by atoms with van der Waals surface area (Å²) in [6, 6.07) is 1.84. The van der Waals surface area contributed by atoms with Gasteiger partial charge in [0.1, 0.15) is 11.2 Å². The zero-order chi connectivity index (χ0) is 15.1. The summed E-state index contributed by atoms with van der Waals surface area (Å²) in [6.07, 6.45) is -3.68. The quantitative estimate of drug-likeness (QED) is 0.848. The van der Waals surface area contributed by atoms with Crippen LogP contribution < -0.4 is 5.32 Å². The van der Waals surface area contributed by atoms with Gasteiger partial charge in [-0.05, 0) is 12.1 Å². The molecule has 0 bridgehead atoms. The highest BCUT2D eigenvalue weighted by Crippen LogP contribution is 2.42.